The van der Waals surface area contributed by atoms with Gasteiger partial charge in [0.2, 0.25) is 0 Å². The van der Waals surface area contributed by atoms with Crippen LogP contribution in [0.5, 0.6) is 0 Å². The van der Waals surface area contributed by atoms with Crippen molar-refractivity contribution in [1.29, 1.82) is 0 Å². The molecule has 27 heavy (non-hydrogen) atoms. The van der Waals surface area contributed by atoms with E-state index in [0.29, 0.717) is 11.3 Å². The molecule has 1 aliphatic rings. The Hall–Kier alpha value is -1.99. The van der Waals surface area contributed by atoms with E-state index in [1.54, 1.807) is 23.1 Å². The maximum Gasteiger partial charge on any atom is 0.261 e. The van der Waals surface area contributed by atoms with Crippen LogP contribution >= 0.6 is 11.8 Å². The number of anilines is 1. The number of carbonyl (C=O) groups excluding carboxylic acids is 1. The second-order valence-corrected chi connectivity index (χ2v) is 9.24. The first kappa shape index (κ1) is 19.8. The van der Waals surface area contributed by atoms with Crippen LogP contribution in [0.25, 0.3) is 0 Å². The van der Waals surface area contributed by atoms with Crippen LogP contribution in [0.4, 0.5) is 5.69 Å². The van der Waals surface area contributed by atoms with E-state index in [4.69, 9.17) is 0 Å². The molecule has 1 amide bonds. The number of sulfonamides is 1. The summed E-state index contributed by atoms with van der Waals surface area (Å²) >= 11 is 1.45. The first-order valence-corrected chi connectivity index (χ1v) is 11.6. The number of likely N-dealkylation sites (tertiary alicyclic amines) is 1. The van der Waals surface area contributed by atoms with Gasteiger partial charge in [0.25, 0.3) is 15.9 Å². The molecule has 2 aromatic rings. The Kier molecular flexibility index (Phi) is 5.81. The van der Waals surface area contributed by atoms with Gasteiger partial charge in [-0.05, 0) is 68.3 Å². The highest BCUT2D eigenvalue weighted by molar-refractivity contribution is 7.98. The minimum atomic E-state index is -3.79. The van der Waals surface area contributed by atoms with Gasteiger partial charge in [0, 0.05) is 18.0 Å². The number of nitrogens with zero attached hydrogens (tertiary/aromatic N) is 1. The highest BCUT2D eigenvalue weighted by Gasteiger charge is 2.24. The van der Waals surface area contributed by atoms with Gasteiger partial charge in [-0.25, -0.2) is 8.42 Å². The van der Waals surface area contributed by atoms with Gasteiger partial charge in [0.15, 0.2) is 0 Å². The van der Waals surface area contributed by atoms with Gasteiger partial charge in [-0.2, -0.15) is 0 Å². The lowest BCUT2D eigenvalue weighted by atomic mass is 10.1. The van der Waals surface area contributed by atoms with Crippen LogP contribution in [-0.4, -0.2) is 38.6 Å². The Balaban J connectivity index is 1.97. The van der Waals surface area contributed by atoms with E-state index in [-0.39, 0.29) is 10.8 Å². The Morgan fingerprint density at radius 2 is 1.81 bits per heavy atom. The first-order valence-electron chi connectivity index (χ1n) is 8.90. The number of hydrogen-bond acceptors (Lipinski definition) is 4. The molecule has 1 aliphatic heterocycles. The van der Waals surface area contributed by atoms with E-state index in [0.717, 1.165) is 42.0 Å². The number of benzene rings is 2. The molecule has 0 bridgehead atoms. The molecule has 0 atom stereocenters. The average molecular weight is 405 g/mol. The fraction of sp³-hybridized carbons (Fsp3) is 0.350. The van der Waals surface area contributed by atoms with Crippen molar-refractivity contribution >= 4 is 33.4 Å². The summed E-state index contributed by atoms with van der Waals surface area (Å²) in [5.74, 6) is -0.0966. The van der Waals surface area contributed by atoms with Crippen molar-refractivity contribution in [2.24, 2.45) is 0 Å². The molecule has 1 fully saturated rings. The van der Waals surface area contributed by atoms with Crippen LogP contribution in [-0.2, 0) is 10.0 Å². The molecule has 3 rings (SSSR count). The largest absolute Gasteiger partial charge is 0.339 e. The van der Waals surface area contributed by atoms with Crippen LogP contribution in [0.2, 0.25) is 0 Å². The number of amides is 1. The summed E-state index contributed by atoms with van der Waals surface area (Å²) in [5.41, 5.74) is 2.90. The summed E-state index contributed by atoms with van der Waals surface area (Å²) < 4.78 is 28.5. The SMILES string of the molecule is CSc1ccc(S(=O)(=O)Nc2cccc(C)c2C)cc1C(=O)N1CCCC1. The molecule has 144 valence electrons. The lowest BCUT2D eigenvalue weighted by Crippen LogP contribution is -2.28. The van der Waals surface area contributed by atoms with E-state index < -0.39 is 10.0 Å². The lowest BCUT2D eigenvalue weighted by molar-refractivity contribution is 0.0789. The summed E-state index contributed by atoms with van der Waals surface area (Å²) in [5, 5.41) is 0. The first-order chi connectivity index (χ1) is 12.8. The van der Waals surface area contributed by atoms with Crippen molar-refractivity contribution < 1.29 is 13.2 Å². The van der Waals surface area contributed by atoms with Crippen molar-refractivity contribution in [3.05, 3.63) is 53.1 Å². The van der Waals surface area contributed by atoms with Crippen molar-refractivity contribution in [3.63, 3.8) is 0 Å². The topological polar surface area (TPSA) is 66.5 Å². The Morgan fingerprint density at radius 1 is 1.11 bits per heavy atom. The summed E-state index contributed by atoms with van der Waals surface area (Å²) in [6, 6.07) is 10.3. The lowest BCUT2D eigenvalue weighted by Gasteiger charge is -2.18. The Morgan fingerprint density at radius 3 is 2.48 bits per heavy atom. The molecule has 1 heterocycles. The smallest absolute Gasteiger partial charge is 0.261 e. The predicted octanol–water partition coefficient (Wildman–Crippen LogP) is 4.06. The van der Waals surface area contributed by atoms with Crippen LogP contribution in [0, 0.1) is 13.8 Å². The number of aryl methyl sites for hydroxylation is 1. The Labute approximate surface area is 165 Å². The monoisotopic (exact) mass is 404 g/mol. The minimum Gasteiger partial charge on any atom is -0.339 e. The third-order valence-corrected chi connectivity index (χ3v) is 7.11. The van der Waals surface area contributed by atoms with Gasteiger partial charge < -0.3 is 4.90 Å². The fourth-order valence-corrected chi connectivity index (χ4v) is 4.90. The van der Waals surface area contributed by atoms with E-state index in [2.05, 4.69) is 4.72 Å². The van der Waals surface area contributed by atoms with E-state index in [1.807, 2.05) is 32.2 Å². The standard InChI is InChI=1S/C20H24N2O3S2/c1-14-7-6-8-18(15(14)2)21-27(24,25)16-9-10-19(26-3)17(13-16)20(23)22-11-4-5-12-22/h6-10,13,21H,4-5,11-12H2,1-3H3. The van der Waals surface area contributed by atoms with E-state index >= 15 is 0 Å². The maximum absolute atomic E-state index is 12.9. The molecule has 5 nitrogen and oxygen atoms in total. The summed E-state index contributed by atoms with van der Waals surface area (Å²) in [6.45, 7) is 5.27. The molecular weight excluding hydrogens is 380 g/mol. The van der Waals surface area contributed by atoms with Gasteiger partial charge in [0.1, 0.15) is 0 Å². The summed E-state index contributed by atoms with van der Waals surface area (Å²) in [7, 11) is -3.79. The zero-order valence-electron chi connectivity index (χ0n) is 15.8. The van der Waals surface area contributed by atoms with Gasteiger partial charge in [0.05, 0.1) is 16.1 Å². The molecule has 0 saturated carbocycles. The minimum absolute atomic E-state index is 0.0966. The van der Waals surface area contributed by atoms with Crippen LogP contribution < -0.4 is 4.72 Å². The summed E-state index contributed by atoms with van der Waals surface area (Å²) in [4.78, 5) is 15.5. The number of nitrogens with one attached hydrogen (secondary N) is 1. The van der Waals surface area contributed by atoms with E-state index in [9.17, 15) is 13.2 Å². The average Bonchev–Trinajstić information content (AvgIpc) is 3.19. The second-order valence-electron chi connectivity index (χ2n) is 6.71. The van der Waals surface area contributed by atoms with Gasteiger partial charge in [-0.3, -0.25) is 9.52 Å². The predicted molar refractivity (Wildman–Crippen MR) is 110 cm³/mol. The third kappa shape index (κ3) is 4.14. The molecule has 7 heteroatoms. The van der Waals surface area contributed by atoms with Gasteiger partial charge in [-0.1, -0.05) is 12.1 Å². The van der Waals surface area contributed by atoms with Crippen LogP contribution in [0.1, 0.15) is 34.3 Å². The quantitative estimate of drug-likeness (QED) is 0.763. The third-order valence-electron chi connectivity index (χ3n) is 4.95. The van der Waals surface area contributed by atoms with Crippen LogP contribution in [0.3, 0.4) is 0 Å². The van der Waals surface area contributed by atoms with Crippen molar-refractivity contribution in [1.82, 2.24) is 4.90 Å². The number of carbonyl (C=O) groups is 1. The Bertz CT molecular complexity index is 965. The van der Waals surface area contributed by atoms with Crippen LogP contribution in [0.15, 0.2) is 46.2 Å². The summed E-state index contributed by atoms with van der Waals surface area (Å²) in [6.07, 6.45) is 3.87. The van der Waals surface area contributed by atoms with Gasteiger partial charge in [-0.15, -0.1) is 11.8 Å². The molecule has 0 radical (unpaired) electrons. The highest BCUT2D eigenvalue weighted by Crippen LogP contribution is 2.28. The molecule has 0 unspecified atom stereocenters. The molecule has 2 aromatic carbocycles. The molecule has 0 aromatic heterocycles. The highest BCUT2D eigenvalue weighted by atomic mass is 32.2. The zero-order valence-corrected chi connectivity index (χ0v) is 17.4. The molecule has 0 spiro atoms. The molecule has 0 aliphatic carbocycles. The van der Waals surface area contributed by atoms with Crippen molar-refractivity contribution in [2.45, 2.75) is 36.5 Å². The molecular formula is C20H24N2O3S2. The van der Waals surface area contributed by atoms with E-state index in [1.165, 1.54) is 17.8 Å². The fourth-order valence-electron chi connectivity index (χ4n) is 3.18. The number of rotatable bonds is 5. The normalized spacial score (nSPS) is 14.4. The second kappa shape index (κ2) is 7.94. The number of hydrogen-bond donors (Lipinski definition) is 1. The number of thioether (sulfide) groups is 1. The van der Waals surface area contributed by atoms with Crippen molar-refractivity contribution in [2.75, 3.05) is 24.1 Å². The maximum atomic E-state index is 12.9. The zero-order chi connectivity index (χ0) is 19.6. The van der Waals surface area contributed by atoms with Gasteiger partial charge >= 0.3 is 0 Å². The molecule has 1 N–H and O–H groups in total. The molecule has 1 saturated heterocycles. The van der Waals surface area contributed by atoms with Crippen molar-refractivity contribution in [3.8, 4) is 0 Å².